The predicted molar refractivity (Wildman–Crippen MR) is 120 cm³/mol. The minimum absolute atomic E-state index is 0.121. The summed E-state index contributed by atoms with van der Waals surface area (Å²) in [5.74, 6) is -1.83. The Morgan fingerprint density at radius 3 is 2.53 bits per heavy atom. The van der Waals surface area contributed by atoms with Gasteiger partial charge in [0, 0.05) is 6.54 Å². The van der Waals surface area contributed by atoms with Crippen LogP contribution in [-0.2, 0) is 30.4 Å². The molecule has 1 heterocycles. The summed E-state index contributed by atoms with van der Waals surface area (Å²) >= 11 is 0. The van der Waals surface area contributed by atoms with E-state index in [0.29, 0.717) is 51.5 Å². The number of ether oxygens (including phenoxy) is 1. The van der Waals surface area contributed by atoms with Crippen LogP contribution >= 0.6 is 0 Å². The van der Waals surface area contributed by atoms with Crippen LogP contribution in [0.5, 0.6) is 0 Å². The van der Waals surface area contributed by atoms with Gasteiger partial charge >= 0.3 is 11.9 Å². The number of carboxylic acids is 1. The van der Waals surface area contributed by atoms with E-state index in [1.54, 1.807) is 6.92 Å². The number of unbranched alkanes of at least 4 members (excludes halogenated alkanes) is 2. The lowest BCUT2D eigenvalue weighted by molar-refractivity contribution is -0.492. The van der Waals surface area contributed by atoms with Crippen molar-refractivity contribution in [3.05, 3.63) is 35.9 Å². The number of esters is 1. The van der Waals surface area contributed by atoms with Crippen LogP contribution in [0.4, 0.5) is 0 Å². The first-order valence-electron chi connectivity index (χ1n) is 11.6. The number of nitrogens with one attached hydrogen (secondary N) is 1. The first-order valence-corrected chi connectivity index (χ1v) is 11.6. The van der Waals surface area contributed by atoms with Crippen LogP contribution in [0.2, 0.25) is 0 Å². The van der Waals surface area contributed by atoms with Crippen molar-refractivity contribution in [3.8, 4) is 0 Å². The maximum atomic E-state index is 12.9. The molecule has 1 aromatic rings. The number of benzene rings is 1. The number of carbonyl (C=O) groups excluding carboxylic acids is 2. The Kier molecular flexibility index (Phi) is 11.9. The Bertz CT molecular complexity index is 777. The van der Waals surface area contributed by atoms with Crippen LogP contribution in [0.15, 0.2) is 30.3 Å². The third-order valence-corrected chi connectivity index (χ3v) is 5.73. The molecule has 1 aliphatic heterocycles. The highest BCUT2D eigenvalue weighted by atomic mass is 17.1. The van der Waals surface area contributed by atoms with E-state index in [0.717, 1.165) is 5.56 Å². The van der Waals surface area contributed by atoms with Gasteiger partial charge in [0.05, 0.1) is 24.6 Å². The molecular formula is C23H35N3O8. The first-order chi connectivity index (χ1) is 16.3. The molecule has 1 fully saturated rings. The number of aliphatic carboxylic acids is 1. The van der Waals surface area contributed by atoms with Gasteiger partial charge in [-0.05, 0) is 57.4 Å². The largest absolute Gasteiger partial charge is 0.480 e. The van der Waals surface area contributed by atoms with Crippen LogP contribution in [0.25, 0.3) is 0 Å². The van der Waals surface area contributed by atoms with Crippen LogP contribution in [-0.4, -0.2) is 81.5 Å². The third-order valence-electron chi connectivity index (χ3n) is 5.73. The lowest BCUT2D eigenvalue weighted by Crippen LogP contribution is -2.53. The van der Waals surface area contributed by atoms with Crippen molar-refractivity contribution in [3.63, 3.8) is 0 Å². The van der Waals surface area contributed by atoms with E-state index in [4.69, 9.17) is 15.2 Å². The topological polar surface area (TPSA) is 149 Å². The van der Waals surface area contributed by atoms with Gasteiger partial charge in [-0.15, -0.1) is 0 Å². The molecule has 0 spiro atoms. The molecule has 0 radical (unpaired) electrons. The average Bonchev–Trinajstić information content (AvgIpc) is 3.31. The number of aryl methyl sites for hydroxylation is 1. The smallest absolute Gasteiger partial charge is 0.326 e. The standard InChI is InChI=1S/C23H35N3O8/c1-17(21(27)25-14-8-11-20(25)22(28)29)24-19(13-12-18-9-4-2-5-10-18)23(30)33-15-6-3-7-16-34-26(31)32/h2,4-5,9-10,17,19-20,24,31-32H,3,6-8,11-16H2,1H3,(H,28,29). The van der Waals surface area contributed by atoms with Crippen LogP contribution in [0.1, 0.15) is 51.0 Å². The van der Waals surface area contributed by atoms with Gasteiger partial charge in [-0.3, -0.25) is 30.2 Å². The summed E-state index contributed by atoms with van der Waals surface area (Å²) in [6.45, 7) is 2.32. The summed E-state index contributed by atoms with van der Waals surface area (Å²) in [7, 11) is 0. The normalized spacial score (nSPS) is 17.5. The number of carboxylic acid groups (broad SMARTS) is 1. The van der Waals surface area contributed by atoms with E-state index < -0.39 is 30.1 Å². The minimum Gasteiger partial charge on any atom is -0.480 e. The van der Waals surface area contributed by atoms with Gasteiger partial charge < -0.3 is 14.7 Å². The van der Waals surface area contributed by atoms with Gasteiger partial charge in [0.25, 0.3) is 0 Å². The van der Waals surface area contributed by atoms with Gasteiger partial charge in [-0.25, -0.2) is 4.79 Å². The number of nitrogens with zero attached hydrogens (tertiary/aromatic N) is 2. The molecule has 190 valence electrons. The lowest BCUT2D eigenvalue weighted by atomic mass is 10.0. The molecule has 0 saturated carbocycles. The van der Waals surface area contributed by atoms with Crippen molar-refractivity contribution in [1.29, 1.82) is 0 Å². The number of carbonyl (C=O) groups is 3. The lowest BCUT2D eigenvalue weighted by Gasteiger charge is -2.28. The fourth-order valence-corrected chi connectivity index (χ4v) is 3.93. The average molecular weight is 482 g/mol. The zero-order chi connectivity index (χ0) is 24.9. The summed E-state index contributed by atoms with van der Waals surface area (Å²) < 4.78 is 5.42. The molecule has 3 unspecified atom stereocenters. The zero-order valence-electron chi connectivity index (χ0n) is 19.5. The van der Waals surface area contributed by atoms with Crippen molar-refractivity contribution in [2.24, 2.45) is 0 Å². The highest BCUT2D eigenvalue weighted by Gasteiger charge is 2.37. The molecule has 1 saturated heterocycles. The Balaban J connectivity index is 1.90. The molecule has 1 amide bonds. The first kappa shape index (κ1) is 27.7. The molecule has 4 N–H and O–H groups in total. The minimum atomic E-state index is -1.02. The second-order valence-corrected chi connectivity index (χ2v) is 8.31. The Labute approximate surface area is 199 Å². The Morgan fingerprint density at radius 2 is 1.85 bits per heavy atom. The maximum absolute atomic E-state index is 12.9. The molecule has 0 aromatic heterocycles. The summed E-state index contributed by atoms with van der Waals surface area (Å²) in [5, 5.41) is 29.0. The second-order valence-electron chi connectivity index (χ2n) is 8.31. The van der Waals surface area contributed by atoms with E-state index in [1.807, 2.05) is 30.3 Å². The summed E-state index contributed by atoms with van der Waals surface area (Å²) in [6.07, 6.45) is 3.85. The monoisotopic (exact) mass is 481 g/mol. The molecule has 1 aliphatic rings. The molecule has 0 aliphatic carbocycles. The third kappa shape index (κ3) is 9.35. The molecular weight excluding hydrogens is 446 g/mol. The molecule has 2 rings (SSSR count). The van der Waals surface area contributed by atoms with Gasteiger partial charge in [0.1, 0.15) is 12.1 Å². The van der Waals surface area contributed by atoms with Crippen LogP contribution in [0, 0.1) is 0 Å². The summed E-state index contributed by atoms with van der Waals surface area (Å²) in [4.78, 5) is 43.0. The molecule has 11 heteroatoms. The maximum Gasteiger partial charge on any atom is 0.326 e. The van der Waals surface area contributed by atoms with E-state index in [1.165, 1.54) is 4.90 Å². The van der Waals surface area contributed by atoms with Crippen LogP contribution < -0.4 is 5.32 Å². The number of hydrogen-bond acceptors (Lipinski definition) is 9. The molecule has 11 nitrogen and oxygen atoms in total. The molecule has 34 heavy (non-hydrogen) atoms. The van der Waals surface area contributed by atoms with Gasteiger partial charge in [0.2, 0.25) is 5.91 Å². The zero-order valence-corrected chi connectivity index (χ0v) is 19.5. The van der Waals surface area contributed by atoms with E-state index in [2.05, 4.69) is 10.2 Å². The fraction of sp³-hybridized carbons (Fsp3) is 0.609. The fourth-order valence-electron chi connectivity index (χ4n) is 3.93. The summed E-state index contributed by atoms with van der Waals surface area (Å²) in [6, 6.07) is 7.35. The number of hydrogen-bond donors (Lipinski definition) is 4. The highest BCUT2D eigenvalue weighted by molar-refractivity contribution is 5.88. The number of rotatable bonds is 15. The van der Waals surface area contributed by atoms with Crippen molar-refractivity contribution < 1.29 is 39.5 Å². The van der Waals surface area contributed by atoms with Crippen LogP contribution in [0.3, 0.4) is 0 Å². The molecule has 3 atom stereocenters. The Morgan fingerprint density at radius 1 is 1.15 bits per heavy atom. The Hall–Kier alpha value is -2.57. The highest BCUT2D eigenvalue weighted by Crippen LogP contribution is 2.19. The van der Waals surface area contributed by atoms with E-state index in [9.17, 15) is 19.5 Å². The van der Waals surface area contributed by atoms with Crippen molar-refractivity contribution in [1.82, 2.24) is 15.6 Å². The number of likely N-dealkylation sites (tertiary alicyclic amines) is 1. The van der Waals surface area contributed by atoms with Crippen molar-refractivity contribution in [2.75, 3.05) is 19.8 Å². The molecule has 1 aromatic carbocycles. The van der Waals surface area contributed by atoms with E-state index in [-0.39, 0.29) is 24.5 Å². The van der Waals surface area contributed by atoms with Crippen molar-refractivity contribution in [2.45, 2.75) is 70.0 Å². The molecule has 0 bridgehead atoms. The quantitative estimate of drug-likeness (QED) is 0.166. The van der Waals surface area contributed by atoms with E-state index >= 15 is 0 Å². The predicted octanol–water partition coefficient (Wildman–Crippen LogP) is 1.77. The number of amides is 1. The second kappa shape index (κ2) is 14.6. The van der Waals surface area contributed by atoms with Gasteiger partial charge in [-0.1, -0.05) is 30.3 Å². The SMILES string of the molecule is CC(NC(CCc1ccccc1)C(=O)OCCCCCON(O)O)C(=O)N1CCCC1C(=O)O. The van der Waals surface area contributed by atoms with Gasteiger partial charge in [0.15, 0.2) is 0 Å². The summed E-state index contributed by atoms with van der Waals surface area (Å²) in [5.41, 5.74) is 1.05. The van der Waals surface area contributed by atoms with Gasteiger partial charge in [-0.2, -0.15) is 0 Å². The van der Waals surface area contributed by atoms with Crippen molar-refractivity contribution >= 4 is 17.8 Å².